The molecule has 2 unspecified atom stereocenters. The van der Waals surface area contributed by atoms with Gasteiger partial charge in [-0.25, -0.2) is 0 Å². The molecule has 0 radical (unpaired) electrons. The molecule has 2 aromatic carbocycles. The van der Waals surface area contributed by atoms with Crippen molar-refractivity contribution in [2.45, 2.75) is 31.7 Å². The summed E-state index contributed by atoms with van der Waals surface area (Å²) in [6.07, 6.45) is 2.22. The van der Waals surface area contributed by atoms with E-state index in [1.165, 1.54) is 28.7 Å². The van der Waals surface area contributed by atoms with E-state index < -0.39 is 0 Å². The largest absolute Gasteiger partial charge is 0.271 e. The predicted molar refractivity (Wildman–Crippen MR) is 86.4 cm³/mol. The number of aryl methyl sites for hydroxylation is 1. The summed E-state index contributed by atoms with van der Waals surface area (Å²) in [4.78, 5) is 0. The van der Waals surface area contributed by atoms with Crippen LogP contribution in [0, 0.1) is 6.92 Å². The number of rotatable bonds is 4. The van der Waals surface area contributed by atoms with Gasteiger partial charge in [0, 0.05) is 10.5 Å². The van der Waals surface area contributed by atoms with Crippen LogP contribution in [0.3, 0.4) is 0 Å². The predicted octanol–water partition coefficient (Wildman–Crippen LogP) is 3.99. The fourth-order valence-corrected chi connectivity index (χ4v) is 3.29. The number of halogens is 1. The molecule has 0 saturated heterocycles. The first-order valence-electron chi connectivity index (χ1n) is 6.99. The van der Waals surface area contributed by atoms with Gasteiger partial charge in [0.2, 0.25) is 0 Å². The number of hydrazine groups is 1. The lowest BCUT2D eigenvalue weighted by atomic mass is 9.74. The monoisotopic (exact) mass is 330 g/mol. The minimum atomic E-state index is 0.208. The van der Waals surface area contributed by atoms with Crippen LogP contribution >= 0.6 is 15.9 Å². The third-order valence-corrected chi connectivity index (χ3v) is 5.16. The number of hydrogen-bond acceptors (Lipinski definition) is 2. The minimum Gasteiger partial charge on any atom is -0.271 e. The van der Waals surface area contributed by atoms with Crippen LogP contribution in [-0.4, -0.2) is 0 Å². The van der Waals surface area contributed by atoms with E-state index in [0.29, 0.717) is 5.92 Å². The third-order valence-electron chi connectivity index (χ3n) is 4.27. The fraction of sp³-hybridized carbons (Fsp3) is 0.294. The first-order valence-corrected chi connectivity index (χ1v) is 7.78. The second kappa shape index (κ2) is 5.68. The summed E-state index contributed by atoms with van der Waals surface area (Å²) in [5.41, 5.74) is 8.46. The lowest BCUT2D eigenvalue weighted by Gasteiger charge is -2.33. The van der Waals surface area contributed by atoms with Crippen molar-refractivity contribution in [2.24, 2.45) is 5.84 Å². The summed E-state index contributed by atoms with van der Waals surface area (Å²) in [6.45, 7) is 2.11. The highest BCUT2D eigenvalue weighted by Crippen LogP contribution is 2.40. The standard InChI is InChI=1S/C17H19BrN2/c1-11-8-13(6-7-16(11)18)17(20-19)10-14-9-12-4-2-3-5-15(12)14/h2-8,14,17,20H,9-10,19H2,1H3. The van der Waals surface area contributed by atoms with Gasteiger partial charge >= 0.3 is 0 Å². The fourth-order valence-electron chi connectivity index (χ4n) is 3.04. The van der Waals surface area contributed by atoms with E-state index in [9.17, 15) is 0 Å². The smallest absolute Gasteiger partial charge is 0.0466 e. The molecular formula is C17H19BrN2. The van der Waals surface area contributed by atoms with Gasteiger partial charge in [0.25, 0.3) is 0 Å². The van der Waals surface area contributed by atoms with Crippen molar-refractivity contribution in [3.8, 4) is 0 Å². The zero-order chi connectivity index (χ0) is 14.1. The molecule has 1 aliphatic carbocycles. The summed E-state index contributed by atoms with van der Waals surface area (Å²) >= 11 is 3.55. The van der Waals surface area contributed by atoms with Gasteiger partial charge in [-0.05, 0) is 54.0 Å². The molecule has 104 valence electrons. The van der Waals surface area contributed by atoms with Gasteiger partial charge in [-0.1, -0.05) is 52.3 Å². The van der Waals surface area contributed by atoms with Crippen molar-refractivity contribution in [1.82, 2.24) is 5.43 Å². The molecule has 0 spiro atoms. The summed E-state index contributed by atoms with van der Waals surface area (Å²) in [5, 5.41) is 0. The number of fused-ring (bicyclic) bond motifs is 1. The molecule has 0 heterocycles. The molecule has 0 amide bonds. The van der Waals surface area contributed by atoms with E-state index in [-0.39, 0.29) is 6.04 Å². The maximum Gasteiger partial charge on any atom is 0.0466 e. The molecule has 20 heavy (non-hydrogen) atoms. The van der Waals surface area contributed by atoms with E-state index in [0.717, 1.165) is 10.9 Å². The molecule has 2 aromatic rings. The SMILES string of the molecule is Cc1cc(C(CC2Cc3ccccc32)NN)ccc1Br. The highest BCUT2D eigenvalue weighted by molar-refractivity contribution is 9.10. The molecule has 1 aliphatic rings. The molecule has 3 rings (SSSR count). The lowest BCUT2D eigenvalue weighted by molar-refractivity contribution is 0.435. The molecular weight excluding hydrogens is 312 g/mol. The Morgan fingerprint density at radius 3 is 2.80 bits per heavy atom. The van der Waals surface area contributed by atoms with Gasteiger partial charge in [-0.15, -0.1) is 0 Å². The zero-order valence-corrected chi connectivity index (χ0v) is 13.2. The van der Waals surface area contributed by atoms with Crippen LogP contribution in [0.15, 0.2) is 46.9 Å². The topological polar surface area (TPSA) is 38.0 Å². The molecule has 0 saturated carbocycles. The van der Waals surface area contributed by atoms with E-state index in [1.54, 1.807) is 0 Å². The number of benzene rings is 2. The highest BCUT2D eigenvalue weighted by atomic mass is 79.9. The zero-order valence-electron chi connectivity index (χ0n) is 11.6. The summed E-state index contributed by atoms with van der Waals surface area (Å²) in [6, 6.07) is 15.4. The van der Waals surface area contributed by atoms with E-state index >= 15 is 0 Å². The van der Waals surface area contributed by atoms with Gasteiger partial charge in [0.15, 0.2) is 0 Å². The second-order valence-electron chi connectivity index (χ2n) is 5.56. The Kier molecular flexibility index (Phi) is 3.92. The van der Waals surface area contributed by atoms with Crippen LogP contribution in [-0.2, 0) is 6.42 Å². The van der Waals surface area contributed by atoms with Crippen molar-refractivity contribution in [3.63, 3.8) is 0 Å². The summed E-state index contributed by atoms with van der Waals surface area (Å²) in [5.74, 6) is 6.40. The minimum absolute atomic E-state index is 0.208. The molecule has 2 atom stereocenters. The van der Waals surface area contributed by atoms with E-state index in [2.05, 4.69) is 70.7 Å². The number of nitrogens with one attached hydrogen (secondary N) is 1. The molecule has 3 heteroatoms. The van der Waals surface area contributed by atoms with Crippen LogP contribution in [0.2, 0.25) is 0 Å². The van der Waals surface area contributed by atoms with Gasteiger partial charge in [-0.3, -0.25) is 11.3 Å². The third kappa shape index (κ3) is 2.53. The second-order valence-corrected chi connectivity index (χ2v) is 6.42. The Morgan fingerprint density at radius 2 is 2.10 bits per heavy atom. The van der Waals surface area contributed by atoms with Gasteiger partial charge in [-0.2, -0.15) is 0 Å². The van der Waals surface area contributed by atoms with E-state index in [1.807, 2.05) is 0 Å². The van der Waals surface area contributed by atoms with Crippen molar-refractivity contribution in [3.05, 3.63) is 69.2 Å². The Balaban J connectivity index is 1.77. The van der Waals surface area contributed by atoms with Gasteiger partial charge in [0.1, 0.15) is 0 Å². The molecule has 2 nitrogen and oxygen atoms in total. The highest BCUT2D eigenvalue weighted by Gasteiger charge is 2.28. The Bertz CT molecular complexity index is 624. The Hall–Kier alpha value is -1.16. The van der Waals surface area contributed by atoms with Crippen LogP contribution < -0.4 is 11.3 Å². The van der Waals surface area contributed by atoms with Crippen LogP contribution in [0.5, 0.6) is 0 Å². The lowest BCUT2D eigenvalue weighted by Crippen LogP contribution is -2.31. The van der Waals surface area contributed by atoms with Crippen molar-refractivity contribution in [2.75, 3.05) is 0 Å². The summed E-state index contributed by atoms with van der Waals surface area (Å²) in [7, 11) is 0. The van der Waals surface area contributed by atoms with Crippen LogP contribution in [0.4, 0.5) is 0 Å². The molecule has 3 N–H and O–H groups in total. The normalized spacial score (nSPS) is 18.2. The van der Waals surface area contributed by atoms with Crippen molar-refractivity contribution in [1.29, 1.82) is 0 Å². The molecule has 0 fully saturated rings. The molecule has 0 aliphatic heterocycles. The molecule has 0 aromatic heterocycles. The number of hydrogen-bond donors (Lipinski definition) is 2. The van der Waals surface area contributed by atoms with Gasteiger partial charge in [0.05, 0.1) is 0 Å². The average molecular weight is 331 g/mol. The maximum absolute atomic E-state index is 5.78. The first kappa shape index (κ1) is 13.8. The van der Waals surface area contributed by atoms with Gasteiger partial charge < -0.3 is 0 Å². The van der Waals surface area contributed by atoms with Crippen LogP contribution in [0.1, 0.15) is 40.6 Å². The Labute approximate surface area is 128 Å². The quantitative estimate of drug-likeness (QED) is 0.657. The van der Waals surface area contributed by atoms with E-state index in [4.69, 9.17) is 5.84 Å². The van der Waals surface area contributed by atoms with Crippen LogP contribution in [0.25, 0.3) is 0 Å². The van der Waals surface area contributed by atoms with Crippen molar-refractivity contribution < 1.29 is 0 Å². The maximum atomic E-state index is 5.78. The number of nitrogens with two attached hydrogens (primary N) is 1. The van der Waals surface area contributed by atoms with Crippen molar-refractivity contribution >= 4 is 15.9 Å². The Morgan fingerprint density at radius 1 is 1.30 bits per heavy atom. The average Bonchev–Trinajstić information content (AvgIpc) is 2.44. The summed E-state index contributed by atoms with van der Waals surface area (Å²) < 4.78 is 1.14. The molecule has 0 bridgehead atoms. The first-order chi connectivity index (χ1) is 9.69.